The van der Waals surface area contributed by atoms with Gasteiger partial charge < -0.3 is 0 Å². The summed E-state index contributed by atoms with van der Waals surface area (Å²) in [7, 11) is 0. The van der Waals surface area contributed by atoms with Gasteiger partial charge in [0, 0.05) is 12.0 Å². The highest BCUT2D eigenvalue weighted by Gasteiger charge is 2.36. The molecule has 1 aliphatic rings. The van der Waals surface area contributed by atoms with Gasteiger partial charge in [-0.2, -0.15) is 13.2 Å². The second kappa shape index (κ2) is 4.13. The Balaban J connectivity index is 2.35. The maximum Gasteiger partial charge on any atom is 0.417 e. The number of hydrogen-bond acceptors (Lipinski definition) is 1. The van der Waals surface area contributed by atoms with Gasteiger partial charge in [-0.05, 0) is 37.0 Å². The van der Waals surface area contributed by atoms with Gasteiger partial charge in [-0.3, -0.25) is 4.79 Å². The molecule has 2 rings (SSSR count). The number of hydrogen-bond donors (Lipinski definition) is 0. The van der Waals surface area contributed by atoms with Gasteiger partial charge in [0.2, 0.25) is 0 Å². The Labute approximate surface area is 95.4 Å². The molecule has 0 amide bonds. The van der Waals surface area contributed by atoms with Crippen LogP contribution in [0.2, 0.25) is 0 Å². The molecule has 17 heavy (non-hydrogen) atoms. The van der Waals surface area contributed by atoms with Crippen LogP contribution in [0.15, 0.2) is 18.2 Å². The van der Waals surface area contributed by atoms with Crippen molar-refractivity contribution in [2.24, 2.45) is 5.92 Å². The maximum atomic E-state index is 12.9. The van der Waals surface area contributed by atoms with Crippen LogP contribution in [0.1, 0.15) is 35.2 Å². The van der Waals surface area contributed by atoms with Crippen molar-refractivity contribution in [1.82, 2.24) is 0 Å². The number of ketones is 1. The zero-order chi connectivity index (χ0) is 12.6. The van der Waals surface area contributed by atoms with Gasteiger partial charge in [-0.15, -0.1) is 0 Å². The first-order valence-electron chi connectivity index (χ1n) is 5.28. The second-order valence-electron chi connectivity index (χ2n) is 4.26. The molecule has 0 atom stereocenters. The van der Waals surface area contributed by atoms with Crippen LogP contribution >= 0.6 is 0 Å². The van der Waals surface area contributed by atoms with Crippen LogP contribution in [0, 0.1) is 11.7 Å². The summed E-state index contributed by atoms with van der Waals surface area (Å²) in [6.07, 6.45) is -2.82. The lowest BCUT2D eigenvalue weighted by Gasteiger charge is -2.11. The molecular formula is C12H10F4O. The van der Waals surface area contributed by atoms with Crippen LogP contribution in [0.3, 0.4) is 0 Å². The molecule has 92 valence electrons. The molecule has 1 nitrogen and oxygen atoms in total. The van der Waals surface area contributed by atoms with Crippen molar-refractivity contribution >= 4 is 5.78 Å². The Kier molecular flexibility index (Phi) is 2.93. The molecule has 0 aromatic heterocycles. The summed E-state index contributed by atoms with van der Waals surface area (Å²) in [5, 5.41) is 0. The Hall–Kier alpha value is -1.39. The summed E-state index contributed by atoms with van der Waals surface area (Å²) in [5.41, 5.74) is -1.60. The maximum absolute atomic E-state index is 12.9. The smallest absolute Gasteiger partial charge is 0.294 e. The Bertz CT molecular complexity index is 446. The predicted octanol–water partition coefficient (Wildman–Crippen LogP) is 3.83. The van der Waals surface area contributed by atoms with E-state index in [1.807, 2.05) is 0 Å². The van der Waals surface area contributed by atoms with Crippen LogP contribution in [0.5, 0.6) is 0 Å². The first kappa shape index (κ1) is 12.1. The molecule has 0 N–H and O–H groups in total. The number of alkyl halides is 3. The molecule has 1 saturated carbocycles. The van der Waals surface area contributed by atoms with E-state index in [0.29, 0.717) is 12.1 Å². The molecule has 0 spiro atoms. The van der Waals surface area contributed by atoms with Gasteiger partial charge in [-0.1, -0.05) is 0 Å². The zero-order valence-corrected chi connectivity index (χ0v) is 8.85. The summed E-state index contributed by atoms with van der Waals surface area (Å²) < 4.78 is 50.8. The lowest BCUT2D eigenvalue weighted by Crippen LogP contribution is -2.14. The van der Waals surface area contributed by atoms with E-state index in [4.69, 9.17) is 0 Å². The first-order valence-corrected chi connectivity index (χ1v) is 5.28. The molecule has 0 unspecified atom stereocenters. The van der Waals surface area contributed by atoms with E-state index < -0.39 is 28.9 Å². The number of carbonyl (C=O) groups excluding carboxylic acids is 1. The van der Waals surface area contributed by atoms with Crippen molar-refractivity contribution in [2.45, 2.75) is 25.4 Å². The van der Waals surface area contributed by atoms with Gasteiger partial charge >= 0.3 is 6.18 Å². The van der Waals surface area contributed by atoms with Crippen molar-refractivity contribution in [3.63, 3.8) is 0 Å². The number of carbonyl (C=O) groups is 1. The zero-order valence-electron chi connectivity index (χ0n) is 8.85. The predicted molar refractivity (Wildman–Crippen MR) is 53.1 cm³/mol. The first-order chi connectivity index (χ1) is 7.88. The van der Waals surface area contributed by atoms with Crippen LogP contribution in [-0.4, -0.2) is 5.78 Å². The average molecular weight is 246 g/mol. The summed E-state index contributed by atoms with van der Waals surface area (Å²) in [6, 6.07) is 2.01. The van der Waals surface area contributed by atoms with Crippen LogP contribution < -0.4 is 0 Å². The van der Waals surface area contributed by atoms with E-state index in [2.05, 4.69) is 0 Å². The van der Waals surface area contributed by atoms with E-state index in [1.54, 1.807) is 0 Å². The van der Waals surface area contributed by atoms with Gasteiger partial charge in [0.25, 0.3) is 0 Å². The van der Waals surface area contributed by atoms with E-state index in [1.165, 1.54) is 0 Å². The van der Waals surface area contributed by atoms with E-state index >= 15 is 0 Å². The Morgan fingerprint density at radius 1 is 1.29 bits per heavy atom. The fourth-order valence-electron chi connectivity index (χ4n) is 1.69. The van der Waals surface area contributed by atoms with Crippen molar-refractivity contribution in [2.75, 3.05) is 0 Å². The normalized spacial score (nSPS) is 16.0. The molecule has 1 aromatic carbocycles. The van der Waals surface area contributed by atoms with Crippen LogP contribution in [0.4, 0.5) is 17.6 Å². The van der Waals surface area contributed by atoms with Crippen molar-refractivity contribution in [3.8, 4) is 0 Å². The standard InChI is InChI=1S/C12H10F4O/c13-8-3-4-10(12(14,15)16)9(6-8)11(17)5-7-1-2-7/h3-4,6-7H,1-2,5H2. The minimum absolute atomic E-state index is 0.0759. The highest BCUT2D eigenvalue weighted by molar-refractivity contribution is 5.98. The van der Waals surface area contributed by atoms with Crippen LogP contribution in [-0.2, 0) is 6.18 Å². The molecule has 0 bridgehead atoms. The highest BCUT2D eigenvalue weighted by atomic mass is 19.4. The fourth-order valence-corrected chi connectivity index (χ4v) is 1.69. The summed E-state index contributed by atoms with van der Waals surface area (Å²) >= 11 is 0. The molecule has 0 heterocycles. The van der Waals surface area contributed by atoms with E-state index in [9.17, 15) is 22.4 Å². The second-order valence-corrected chi connectivity index (χ2v) is 4.26. The minimum Gasteiger partial charge on any atom is -0.294 e. The number of Topliss-reactive ketones (excluding diaryl/α,β-unsaturated/α-hetero) is 1. The third kappa shape index (κ3) is 2.84. The van der Waals surface area contributed by atoms with Crippen molar-refractivity contribution in [3.05, 3.63) is 35.1 Å². The number of benzene rings is 1. The van der Waals surface area contributed by atoms with Gasteiger partial charge in [0.1, 0.15) is 5.82 Å². The minimum atomic E-state index is -4.62. The number of rotatable bonds is 3. The van der Waals surface area contributed by atoms with E-state index in [0.717, 1.165) is 18.9 Å². The molecule has 1 fully saturated rings. The van der Waals surface area contributed by atoms with Crippen LogP contribution in [0.25, 0.3) is 0 Å². The molecule has 1 aliphatic carbocycles. The average Bonchev–Trinajstić information content (AvgIpc) is 2.99. The van der Waals surface area contributed by atoms with Gasteiger partial charge in [0.05, 0.1) is 5.56 Å². The lowest BCUT2D eigenvalue weighted by molar-refractivity contribution is -0.137. The third-order valence-corrected chi connectivity index (χ3v) is 2.76. The molecule has 1 aromatic rings. The summed E-state index contributed by atoms with van der Waals surface area (Å²) in [4.78, 5) is 11.6. The Morgan fingerprint density at radius 3 is 2.47 bits per heavy atom. The molecule has 0 aliphatic heterocycles. The Morgan fingerprint density at radius 2 is 1.94 bits per heavy atom. The quantitative estimate of drug-likeness (QED) is 0.585. The number of halogens is 4. The monoisotopic (exact) mass is 246 g/mol. The fraction of sp³-hybridized carbons (Fsp3) is 0.417. The molecule has 0 radical (unpaired) electrons. The van der Waals surface area contributed by atoms with Gasteiger partial charge in [-0.25, -0.2) is 4.39 Å². The summed E-state index contributed by atoms with van der Waals surface area (Å²) in [6.45, 7) is 0. The largest absolute Gasteiger partial charge is 0.417 e. The summed E-state index contributed by atoms with van der Waals surface area (Å²) in [5.74, 6) is -1.27. The van der Waals surface area contributed by atoms with Gasteiger partial charge in [0.15, 0.2) is 5.78 Å². The van der Waals surface area contributed by atoms with E-state index in [-0.39, 0.29) is 12.3 Å². The van der Waals surface area contributed by atoms with Crippen molar-refractivity contribution in [1.29, 1.82) is 0 Å². The highest BCUT2D eigenvalue weighted by Crippen LogP contribution is 2.37. The third-order valence-electron chi connectivity index (χ3n) is 2.76. The SMILES string of the molecule is O=C(CC1CC1)c1cc(F)ccc1C(F)(F)F. The molecule has 5 heteroatoms. The molecular weight excluding hydrogens is 236 g/mol. The molecule has 0 saturated heterocycles. The van der Waals surface area contributed by atoms with Crippen molar-refractivity contribution < 1.29 is 22.4 Å². The lowest BCUT2D eigenvalue weighted by atomic mass is 9.99. The topological polar surface area (TPSA) is 17.1 Å².